The molecule has 124 valence electrons. The number of benzene rings is 2. The van der Waals surface area contributed by atoms with Gasteiger partial charge in [0.05, 0.1) is 0 Å². The lowest BCUT2D eigenvalue weighted by atomic mass is 9.96. The van der Waals surface area contributed by atoms with E-state index in [9.17, 15) is 4.79 Å². The van der Waals surface area contributed by atoms with Gasteiger partial charge in [0, 0.05) is 30.2 Å². The van der Waals surface area contributed by atoms with Crippen LogP contribution in [0.4, 0.5) is 0 Å². The predicted octanol–water partition coefficient (Wildman–Crippen LogP) is 4.68. The van der Waals surface area contributed by atoms with E-state index in [1.54, 1.807) is 13.1 Å². The smallest absolute Gasteiger partial charge is 0.244 e. The molecule has 2 aromatic carbocycles. The van der Waals surface area contributed by atoms with Gasteiger partial charge in [-0.2, -0.15) is 0 Å². The van der Waals surface area contributed by atoms with E-state index >= 15 is 0 Å². The molecule has 3 heteroatoms. The Kier molecular flexibility index (Phi) is 5.96. The van der Waals surface area contributed by atoms with Gasteiger partial charge in [-0.05, 0) is 41.3 Å². The monoisotopic (exact) mass is 320 g/mol. The first-order valence-corrected chi connectivity index (χ1v) is 8.26. The summed E-state index contributed by atoms with van der Waals surface area (Å²) in [5, 5.41) is 3.83. The molecule has 0 saturated carbocycles. The van der Waals surface area contributed by atoms with E-state index in [1.807, 2.05) is 56.4 Å². The van der Waals surface area contributed by atoms with Crippen LogP contribution in [0.15, 0.2) is 60.8 Å². The Hall–Kier alpha value is -2.81. The number of amides is 1. The van der Waals surface area contributed by atoms with Crippen molar-refractivity contribution in [1.82, 2.24) is 10.3 Å². The zero-order chi connectivity index (χ0) is 17.5. The van der Waals surface area contributed by atoms with Gasteiger partial charge < -0.3 is 10.3 Å². The van der Waals surface area contributed by atoms with Gasteiger partial charge in [-0.3, -0.25) is 4.79 Å². The largest absolute Gasteiger partial charge is 0.361 e. The number of likely N-dealkylation sites (N-methyl/N-ethyl adjacent to an activating group) is 1. The average Bonchev–Trinajstić information content (AvgIpc) is 3.02. The maximum atomic E-state index is 11.9. The molecule has 1 amide bonds. The molecule has 0 saturated heterocycles. The van der Waals surface area contributed by atoms with Crippen LogP contribution in [0.2, 0.25) is 0 Å². The second-order valence-electron chi connectivity index (χ2n) is 5.27. The molecule has 1 heterocycles. The van der Waals surface area contributed by atoms with Gasteiger partial charge in [0.15, 0.2) is 0 Å². The van der Waals surface area contributed by atoms with Crippen LogP contribution in [0, 0.1) is 6.92 Å². The fourth-order valence-corrected chi connectivity index (χ4v) is 2.58. The molecule has 3 aromatic rings. The molecular formula is C21H24N2O. The fourth-order valence-electron chi connectivity index (χ4n) is 2.58. The number of aromatic nitrogens is 1. The minimum absolute atomic E-state index is 0.107. The maximum absolute atomic E-state index is 11.9. The molecule has 0 aliphatic heterocycles. The van der Waals surface area contributed by atoms with Gasteiger partial charge in [-0.15, -0.1) is 0 Å². The number of nitrogens with one attached hydrogen (secondary N) is 2. The quantitative estimate of drug-likeness (QED) is 0.676. The van der Waals surface area contributed by atoms with Crippen LogP contribution >= 0.6 is 0 Å². The third-order valence-electron chi connectivity index (χ3n) is 3.81. The van der Waals surface area contributed by atoms with Gasteiger partial charge in [0.2, 0.25) is 5.91 Å². The zero-order valence-electron chi connectivity index (χ0n) is 14.7. The molecule has 3 rings (SSSR count). The highest BCUT2D eigenvalue weighted by Crippen LogP contribution is 2.27. The molecule has 1 aromatic heterocycles. The van der Waals surface area contributed by atoms with Gasteiger partial charge >= 0.3 is 0 Å². The molecule has 3 nitrogen and oxygen atoms in total. The first-order valence-electron chi connectivity index (χ1n) is 8.26. The van der Waals surface area contributed by atoms with E-state index < -0.39 is 0 Å². The normalized spacial score (nSPS) is 10.9. The Morgan fingerprint density at radius 2 is 1.75 bits per heavy atom. The Balaban J connectivity index is 0.00000100. The Bertz CT molecular complexity index is 845. The van der Waals surface area contributed by atoms with Crippen molar-refractivity contribution in [2.45, 2.75) is 20.8 Å². The Morgan fingerprint density at radius 1 is 1.04 bits per heavy atom. The van der Waals surface area contributed by atoms with E-state index in [4.69, 9.17) is 0 Å². The van der Waals surface area contributed by atoms with Crippen molar-refractivity contribution in [1.29, 1.82) is 0 Å². The van der Waals surface area contributed by atoms with Crippen molar-refractivity contribution in [3.8, 4) is 0 Å². The van der Waals surface area contributed by atoms with Crippen LogP contribution in [0.5, 0.6) is 0 Å². The second kappa shape index (κ2) is 8.16. The number of hydrogen-bond acceptors (Lipinski definition) is 1. The van der Waals surface area contributed by atoms with Crippen molar-refractivity contribution in [3.05, 3.63) is 77.5 Å². The molecule has 0 aliphatic rings. The number of hydrogen-bond donors (Lipinski definition) is 2. The number of aryl methyl sites for hydroxylation is 1. The fraction of sp³-hybridized carbons (Fsp3) is 0.190. The lowest BCUT2D eigenvalue weighted by Gasteiger charge is -2.09. The molecule has 0 radical (unpaired) electrons. The van der Waals surface area contributed by atoms with Crippen molar-refractivity contribution >= 4 is 22.4 Å². The van der Waals surface area contributed by atoms with Gasteiger partial charge in [-0.1, -0.05) is 50.2 Å². The molecule has 0 aliphatic carbocycles. The van der Waals surface area contributed by atoms with E-state index in [0.29, 0.717) is 0 Å². The van der Waals surface area contributed by atoms with E-state index in [1.165, 1.54) is 10.9 Å². The van der Waals surface area contributed by atoms with E-state index in [2.05, 4.69) is 29.4 Å². The number of aromatic amines is 1. The molecule has 0 fully saturated rings. The summed E-state index contributed by atoms with van der Waals surface area (Å²) < 4.78 is 0. The van der Waals surface area contributed by atoms with Crippen LogP contribution in [0.25, 0.3) is 16.5 Å². The minimum atomic E-state index is -0.107. The second-order valence-corrected chi connectivity index (χ2v) is 5.27. The summed E-state index contributed by atoms with van der Waals surface area (Å²) in [7, 11) is 1.64. The third kappa shape index (κ3) is 3.74. The summed E-state index contributed by atoms with van der Waals surface area (Å²) in [6.07, 6.45) is 3.65. The van der Waals surface area contributed by atoms with Gasteiger partial charge in [0.1, 0.15) is 0 Å². The van der Waals surface area contributed by atoms with Crippen LogP contribution in [-0.2, 0) is 4.79 Å². The zero-order valence-corrected chi connectivity index (χ0v) is 14.7. The van der Waals surface area contributed by atoms with Crippen molar-refractivity contribution in [2.24, 2.45) is 0 Å². The van der Waals surface area contributed by atoms with E-state index in [0.717, 1.165) is 22.2 Å². The first kappa shape index (κ1) is 17.5. The number of carbonyl (C=O) groups is 1. The van der Waals surface area contributed by atoms with Crippen LogP contribution in [0.3, 0.4) is 0 Å². The topological polar surface area (TPSA) is 44.9 Å². The SMILES string of the molecule is CC.CNC(=O)/C=C(/c1ccccc1)c1ccc2[nH]cc(C)c2c1. The molecule has 0 unspecified atom stereocenters. The lowest BCUT2D eigenvalue weighted by molar-refractivity contribution is -0.116. The standard InChI is InChI=1S/C19H18N2O.C2H6/c1-13-12-21-18-9-8-15(10-16(13)18)17(11-19(22)20-2)14-6-4-3-5-7-14;1-2/h3-12,21H,1-2H3,(H,20,22);1-2H3/b17-11-;. The Morgan fingerprint density at radius 3 is 2.42 bits per heavy atom. The van der Waals surface area contributed by atoms with Gasteiger partial charge in [0.25, 0.3) is 0 Å². The number of H-pyrrole nitrogens is 1. The van der Waals surface area contributed by atoms with Crippen LogP contribution in [0.1, 0.15) is 30.5 Å². The molecule has 24 heavy (non-hydrogen) atoms. The summed E-state index contributed by atoms with van der Waals surface area (Å²) in [6.45, 7) is 6.08. The van der Waals surface area contributed by atoms with Crippen LogP contribution in [-0.4, -0.2) is 17.9 Å². The third-order valence-corrected chi connectivity index (χ3v) is 3.81. The van der Waals surface area contributed by atoms with Crippen molar-refractivity contribution in [2.75, 3.05) is 7.05 Å². The lowest BCUT2D eigenvalue weighted by Crippen LogP contribution is -2.15. The summed E-state index contributed by atoms with van der Waals surface area (Å²) >= 11 is 0. The van der Waals surface area contributed by atoms with Gasteiger partial charge in [-0.25, -0.2) is 0 Å². The number of carbonyl (C=O) groups excluding carboxylic acids is 1. The number of fused-ring (bicyclic) bond motifs is 1. The number of rotatable bonds is 3. The molecular weight excluding hydrogens is 296 g/mol. The molecule has 0 spiro atoms. The summed E-state index contributed by atoms with van der Waals surface area (Å²) in [6, 6.07) is 16.2. The first-order chi connectivity index (χ1) is 11.7. The molecule has 2 N–H and O–H groups in total. The predicted molar refractivity (Wildman–Crippen MR) is 102 cm³/mol. The maximum Gasteiger partial charge on any atom is 0.244 e. The minimum Gasteiger partial charge on any atom is -0.361 e. The summed E-state index contributed by atoms with van der Waals surface area (Å²) in [5.41, 5.74) is 5.28. The molecule has 0 atom stereocenters. The summed E-state index contributed by atoms with van der Waals surface area (Å²) in [5.74, 6) is -0.107. The highest BCUT2D eigenvalue weighted by molar-refractivity contribution is 6.00. The summed E-state index contributed by atoms with van der Waals surface area (Å²) in [4.78, 5) is 15.1. The van der Waals surface area contributed by atoms with E-state index in [-0.39, 0.29) is 5.91 Å². The van der Waals surface area contributed by atoms with Crippen molar-refractivity contribution < 1.29 is 4.79 Å². The average molecular weight is 320 g/mol. The Labute approximate surface area is 143 Å². The highest BCUT2D eigenvalue weighted by Gasteiger charge is 2.09. The molecule has 0 bridgehead atoms. The van der Waals surface area contributed by atoms with Crippen molar-refractivity contribution in [3.63, 3.8) is 0 Å². The van der Waals surface area contributed by atoms with Crippen LogP contribution < -0.4 is 5.32 Å². The highest BCUT2D eigenvalue weighted by atomic mass is 16.1.